The summed E-state index contributed by atoms with van der Waals surface area (Å²) in [6, 6.07) is -1.31. The molecule has 0 atom stereocenters. The van der Waals surface area contributed by atoms with Gasteiger partial charge in [0.1, 0.15) is 0 Å². The molecule has 0 aliphatic carbocycles. The van der Waals surface area contributed by atoms with Crippen molar-refractivity contribution in [1.82, 2.24) is 0 Å². The van der Waals surface area contributed by atoms with Crippen LogP contribution in [0.15, 0.2) is 22.6 Å². The van der Waals surface area contributed by atoms with Crippen LogP contribution in [0.2, 0.25) is 0 Å². The van der Waals surface area contributed by atoms with E-state index in [-0.39, 0.29) is 0 Å². The van der Waals surface area contributed by atoms with Crippen molar-refractivity contribution in [3.63, 3.8) is 0 Å². The van der Waals surface area contributed by atoms with Gasteiger partial charge in [-0.05, 0) is 18.2 Å². The Morgan fingerprint density at radius 3 is 2.57 bits per heavy atom. The van der Waals surface area contributed by atoms with E-state index in [9.17, 15) is 18.0 Å². The molecule has 0 saturated carbocycles. The molecular weight excluding hydrogens is 265 g/mol. The molecule has 0 aliphatic rings. The van der Waals surface area contributed by atoms with Crippen molar-refractivity contribution in [2.75, 3.05) is 0 Å². The van der Waals surface area contributed by atoms with Crippen LogP contribution in [0.1, 0.15) is 18.7 Å². The van der Waals surface area contributed by atoms with E-state index < -0.39 is 39.8 Å². The fourth-order valence-corrected chi connectivity index (χ4v) is 1.28. The maximum atomic E-state index is 12.4. The van der Waals surface area contributed by atoms with Crippen LogP contribution >= 0.6 is 15.9 Å². The Labute approximate surface area is 88.3 Å². The summed E-state index contributed by atoms with van der Waals surface area (Å²) in [5, 5.41) is 8.62. The summed E-state index contributed by atoms with van der Waals surface area (Å²) in [4.78, 5) is 10.6. The maximum absolute atomic E-state index is 12.4. The molecular formula is C8H4BrF3O2. The Morgan fingerprint density at radius 1 is 1.57 bits per heavy atom. The van der Waals surface area contributed by atoms with Gasteiger partial charge in [-0.2, -0.15) is 13.2 Å². The maximum Gasteiger partial charge on any atom is 0.417 e. The minimum atomic E-state index is -4.73. The van der Waals surface area contributed by atoms with Gasteiger partial charge in [0, 0.05) is 4.47 Å². The number of hydrogen-bond donors (Lipinski definition) is 1. The summed E-state index contributed by atoms with van der Waals surface area (Å²) >= 11 is 2.52. The molecule has 0 aromatic heterocycles. The Balaban J connectivity index is 3.58. The standard InChI is InChI=1S/C8H4BrF3O2/c9-6-3-4(7(13)14)1-2-5(6)8(10,11)12/h1-3H,(H,13,14)/i1D,3D. The van der Waals surface area contributed by atoms with Crippen molar-refractivity contribution >= 4 is 21.9 Å². The molecule has 1 N–H and O–H groups in total. The van der Waals surface area contributed by atoms with E-state index in [1.807, 2.05) is 0 Å². The van der Waals surface area contributed by atoms with E-state index in [4.69, 9.17) is 7.85 Å². The molecule has 1 aromatic rings. The topological polar surface area (TPSA) is 37.3 Å². The van der Waals surface area contributed by atoms with Gasteiger partial charge in [-0.1, -0.05) is 15.9 Å². The highest BCUT2D eigenvalue weighted by molar-refractivity contribution is 9.10. The quantitative estimate of drug-likeness (QED) is 0.851. The molecule has 76 valence electrons. The zero-order chi connectivity index (χ0) is 12.7. The van der Waals surface area contributed by atoms with Crippen LogP contribution in [0.25, 0.3) is 0 Å². The fraction of sp³-hybridized carbons (Fsp3) is 0.125. The molecule has 0 heterocycles. The number of aromatic carboxylic acids is 1. The number of carboxylic acids is 1. The number of carboxylic acid groups (broad SMARTS) is 1. The Morgan fingerprint density at radius 2 is 2.14 bits per heavy atom. The third kappa shape index (κ3) is 2.25. The molecule has 0 spiro atoms. The van der Waals surface area contributed by atoms with Gasteiger partial charge in [-0.25, -0.2) is 4.79 Å². The molecule has 0 aliphatic heterocycles. The van der Waals surface area contributed by atoms with Gasteiger partial charge >= 0.3 is 12.1 Å². The number of alkyl halides is 3. The number of halogens is 4. The SMILES string of the molecule is [2H]c1cc(C(F)(F)F)c(Br)c([2H])c1C(=O)O. The highest BCUT2D eigenvalue weighted by atomic mass is 79.9. The highest BCUT2D eigenvalue weighted by Gasteiger charge is 2.33. The Bertz CT molecular complexity index is 460. The first-order chi connectivity index (χ1) is 7.16. The van der Waals surface area contributed by atoms with Crippen molar-refractivity contribution in [1.29, 1.82) is 0 Å². The first-order valence-electron chi connectivity index (χ1n) is 4.26. The lowest BCUT2D eigenvalue weighted by Gasteiger charge is -2.08. The van der Waals surface area contributed by atoms with E-state index in [2.05, 4.69) is 15.9 Å². The Kier molecular flexibility index (Phi) is 2.13. The van der Waals surface area contributed by atoms with E-state index in [1.165, 1.54) is 0 Å². The van der Waals surface area contributed by atoms with Crippen LogP contribution in [0.4, 0.5) is 13.2 Å². The fourth-order valence-electron chi connectivity index (χ4n) is 0.742. The normalized spacial score (nSPS) is 13.4. The smallest absolute Gasteiger partial charge is 0.417 e. The van der Waals surface area contributed by atoms with Crippen molar-refractivity contribution < 1.29 is 25.8 Å². The van der Waals surface area contributed by atoms with Gasteiger partial charge in [0.05, 0.1) is 13.9 Å². The highest BCUT2D eigenvalue weighted by Crippen LogP contribution is 2.35. The zero-order valence-corrected chi connectivity index (χ0v) is 8.03. The third-order valence-electron chi connectivity index (χ3n) is 1.35. The number of rotatable bonds is 1. The summed E-state index contributed by atoms with van der Waals surface area (Å²) in [6.45, 7) is 0. The molecule has 1 rings (SSSR count). The lowest BCUT2D eigenvalue weighted by molar-refractivity contribution is -0.138. The molecule has 0 bridgehead atoms. The van der Waals surface area contributed by atoms with Crippen molar-refractivity contribution in [3.8, 4) is 0 Å². The summed E-state index contributed by atoms with van der Waals surface area (Å²) in [6.07, 6.45) is -4.73. The largest absolute Gasteiger partial charge is 0.478 e. The summed E-state index contributed by atoms with van der Waals surface area (Å²) in [7, 11) is 0. The van der Waals surface area contributed by atoms with Gasteiger partial charge in [0.15, 0.2) is 0 Å². The van der Waals surface area contributed by atoms with E-state index in [0.29, 0.717) is 6.07 Å². The van der Waals surface area contributed by atoms with Crippen molar-refractivity contribution in [2.45, 2.75) is 6.18 Å². The molecule has 0 radical (unpaired) electrons. The molecule has 14 heavy (non-hydrogen) atoms. The molecule has 6 heteroatoms. The number of hydrogen-bond acceptors (Lipinski definition) is 1. The van der Waals surface area contributed by atoms with Crippen LogP contribution in [-0.4, -0.2) is 11.1 Å². The summed E-state index contributed by atoms with van der Waals surface area (Å²) < 4.78 is 50.9. The second kappa shape index (κ2) is 3.61. The molecule has 0 fully saturated rings. The van der Waals surface area contributed by atoms with Crippen LogP contribution in [0, 0.1) is 0 Å². The molecule has 0 amide bonds. The minimum absolute atomic E-state index is 0.381. The summed E-state index contributed by atoms with van der Waals surface area (Å²) in [5.74, 6) is -1.61. The molecule has 0 unspecified atom stereocenters. The first kappa shape index (κ1) is 8.28. The first-order valence-corrected chi connectivity index (χ1v) is 4.05. The molecule has 0 saturated heterocycles. The predicted molar refractivity (Wildman–Crippen MR) is 46.1 cm³/mol. The molecule has 1 aromatic carbocycles. The van der Waals surface area contributed by atoms with Gasteiger partial charge in [-0.3, -0.25) is 0 Å². The van der Waals surface area contributed by atoms with Crippen molar-refractivity contribution in [3.05, 3.63) is 33.8 Å². The van der Waals surface area contributed by atoms with E-state index >= 15 is 0 Å². The zero-order valence-electron chi connectivity index (χ0n) is 8.44. The van der Waals surface area contributed by atoms with Crippen molar-refractivity contribution in [2.24, 2.45) is 0 Å². The molecule has 2 nitrogen and oxygen atoms in total. The summed E-state index contributed by atoms with van der Waals surface area (Å²) in [5.41, 5.74) is -1.99. The van der Waals surface area contributed by atoms with Crippen LogP contribution in [-0.2, 0) is 6.18 Å². The van der Waals surface area contributed by atoms with Gasteiger partial charge in [0.25, 0.3) is 0 Å². The van der Waals surface area contributed by atoms with Gasteiger partial charge in [0.2, 0.25) is 0 Å². The van der Waals surface area contributed by atoms with Gasteiger partial charge in [-0.15, -0.1) is 0 Å². The van der Waals surface area contributed by atoms with E-state index in [1.54, 1.807) is 0 Å². The average molecular weight is 271 g/mol. The monoisotopic (exact) mass is 270 g/mol. The van der Waals surface area contributed by atoms with Crippen LogP contribution < -0.4 is 0 Å². The number of carbonyl (C=O) groups is 1. The van der Waals surface area contributed by atoms with Crippen LogP contribution in [0.5, 0.6) is 0 Å². The lowest BCUT2D eigenvalue weighted by Crippen LogP contribution is -2.07. The lowest BCUT2D eigenvalue weighted by atomic mass is 10.1. The average Bonchev–Trinajstić information content (AvgIpc) is 2.09. The second-order valence-electron chi connectivity index (χ2n) is 2.32. The second-order valence-corrected chi connectivity index (χ2v) is 3.11. The van der Waals surface area contributed by atoms with Gasteiger partial charge < -0.3 is 5.11 Å². The minimum Gasteiger partial charge on any atom is -0.478 e. The van der Waals surface area contributed by atoms with E-state index in [0.717, 1.165) is 0 Å². The third-order valence-corrected chi connectivity index (χ3v) is 1.98. The Hall–Kier alpha value is -1.04. The van der Waals surface area contributed by atoms with Crippen LogP contribution in [0.3, 0.4) is 0 Å². The number of benzene rings is 1. The predicted octanol–water partition coefficient (Wildman–Crippen LogP) is 3.17.